The zero-order valence-corrected chi connectivity index (χ0v) is 18.3. The summed E-state index contributed by atoms with van der Waals surface area (Å²) in [7, 11) is 0. The highest BCUT2D eigenvalue weighted by molar-refractivity contribution is 5.86. The quantitative estimate of drug-likeness (QED) is 0.696. The Morgan fingerprint density at radius 1 is 1.20 bits per heavy atom. The second kappa shape index (κ2) is 9.29. The average molecular weight is 405 g/mol. The van der Waals surface area contributed by atoms with E-state index in [1.807, 2.05) is 30.9 Å². The Morgan fingerprint density at radius 2 is 1.97 bits per heavy atom. The Labute approximate surface area is 180 Å². The summed E-state index contributed by atoms with van der Waals surface area (Å²) in [5.41, 5.74) is 4.00. The molecule has 158 valence electrons. The zero-order chi connectivity index (χ0) is 21.7. The first kappa shape index (κ1) is 21.8. The minimum atomic E-state index is -0.631. The number of carbonyl (C=O) groups excluding carboxylic acids is 2. The van der Waals surface area contributed by atoms with Crippen molar-refractivity contribution >= 4 is 11.8 Å². The number of likely N-dealkylation sites (tertiary alicyclic amines) is 1. The number of nitrogens with one attached hydrogen (secondary N) is 1. The lowest BCUT2D eigenvalue weighted by Gasteiger charge is -2.29. The molecular formula is C26H32N2O2. The summed E-state index contributed by atoms with van der Waals surface area (Å²) < 4.78 is 0. The molecule has 1 N–H and O–H groups in total. The summed E-state index contributed by atoms with van der Waals surface area (Å²) in [6.45, 7) is 11.1. The van der Waals surface area contributed by atoms with Gasteiger partial charge in [0.05, 0.1) is 5.41 Å². The molecule has 0 spiro atoms. The van der Waals surface area contributed by atoms with Gasteiger partial charge in [0.15, 0.2) is 0 Å². The van der Waals surface area contributed by atoms with Crippen LogP contribution in [0.25, 0.3) is 11.1 Å². The summed E-state index contributed by atoms with van der Waals surface area (Å²) in [6, 6.07) is 16.7. The van der Waals surface area contributed by atoms with Gasteiger partial charge in [0.2, 0.25) is 11.8 Å². The first-order valence-corrected chi connectivity index (χ1v) is 10.7. The predicted octanol–water partition coefficient (Wildman–Crippen LogP) is 4.38. The van der Waals surface area contributed by atoms with Gasteiger partial charge in [0.1, 0.15) is 0 Å². The molecule has 0 radical (unpaired) electrons. The van der Waals surface area contributed by atoms with Gasteiger partial charge in [-0.05, 0) is 36.5 Å². The molecule has 30 heavy (non-hydrogen) atoms. The Kier molecular flexibility index (Phi) is 6.76. The largest absolute Gasteiger partial charge is 0.352 e. The van der Waals surface area contributed by atoms with E-state index in [4.69, 9.17) is 0 Å². The maximum Gasteiger partial charge on any atom is 0.228 e. The number of aryl methyl sites for hydroxylation is 1. The predicted molar refractivity (Wildman–Crippen MR) is 122 cm³/mol. The molecule has 2 aromatic carbocycles. The van der Waals surface area contributed by atoms with E-state index < -0.39 is 5.41 Å². The first-order valence-electron chi connectivity index (χ1n) is 10.7. The van der Waals surface area contributed by atoms with Crippen LogP contribution < -0.4 is 5.32 Å². The first-order chi connectivity index (χ1) is 14.4. The Morgan fingerprint density at radius 3 is 2.67 bits per heavy atom. The van der Waals surface area contributed by atoms with Gasteiger partial charge in [-0.25, -0.2) is 0 Å². The fourth-order valence-electron chi connectivity index (χ4n) is 4.32. The monoisotopic (exact) mass is 404 g/mol. The van der Waals surface area contributed by atoms with Crippen LogP contribution >= 0.6 is 0 Å². The molecule has 4 heteroatoms. The van der Waals surface area contributed by atoms with E-state index >= 15 is 0 Å². The van der Waals surface area contributed by atoms with Crippen LogP contribution in [0.15, 0.2) is 61.2 Å². The number of carbonyl (C=O) groups is 2. The molecule has 0 unspecified atom stereocenters. The van der Waals surface area contributed by atoms with E-state index in [2.05, 4.69) is 55.2 Å². The van der Waals surface area contributed by atoms with E-state index in [-0.39, 0.29) is 17.7 Å². The third kappa shape index (κ3) is 4.64. The van der Waals surface area contributed by atoms with Crippen molar-refractivity contribution in [1.82, 2.24) is 10.2 Å². The van der Waals surface area contributed by atoms with Crippen molar-refractivity contribution in [1.29, 1.82) is 0 Å². The summed E-state index contributed by atoms with van der Waals surface area (Å²) >= 11 is 0. The van der Waals surface area contributed by atoms with Crippen molar-refractivity contribution in [2.24, 2.45) is 11.3 Å². The molecule has 1 fully saturated rings. The van der Waals surface area contributed by atoms with Crippen LogP contribution in [0, 0.1) is 18.3 Å². The molecule has 2 aromatic rings. The standard InChI is InChI=1S/C26H32N2O2/c1-5-14-27-25(30)26(13-15-28(18-26)24(29)19(2)3)17-22-10-6-7-12-23(22)21-11-8-9-20(4)16-21/h5-12,16,19H,1,13-15,17-18H2,2-4H3,(H,27,30)/t26-/m0/s1. The van der Waals surface area contributed by atoms with Gasteiger partial charge in [-0.2, -0.15) is 0 Å². The Hall–Kier alpha value is -2.88. The van der Waals surface area contributed by atoms with E-state index in [1.54, 1.807) is 6.08 Å². The minimum absolute atomic E-state index is 0.000464. The minimum Gasteiger partial charge on any atom is -0.352 e. The van der Waals surface area contributed by atoms with Crippen molar-refractivity contribution < 1.29 is 9.59 Å². The van der Waals surface area contributed by atoms with Crippen LogP contribution in [0.4, 0.5) is 0 Å². The summed E-state index contributed by atoms with van der Waals surface area (Å²) in [6.07, 6.45) is 2.96. The Balaban J connectivity index is 1.96. The number of hydrogen-bond acceptors (Lipinski definition) is 2. The lowest BCUT2D eigenvalue weighted by Crippen LogP contribution is -2.45. The summed E-state index contributed by atoms with van der Waals surface area (Å²) in [4.78, 5) is 27.8. The van der Waals surface area contributed by atoms with Crippen LogP contribution in [0.2, 0.25) is 0 Å². The molecule has 1 aliphatic heterocycles. The number of benzene rings is 2. The molecule has 0 aromatic heterocycles. The molecule has 1 atom stereocenters. The van der Waals surface area contributed by atoms with Gasteiger partial charge in [-0.3, -0.25) is 9.59 Å². The molecule has 2 amide bonds. The molecule has 0 aliphatic carbocycles. The van der Waals surface area contributed by atoms with E-state index in [0.29, 0.717) is 32.5 Å². The zero-order valence-electron chi connectivity index (χ0n) is 18.3. The smallest absolute Gasteiger partial charge is 0.228 e. The number of amides is 2. The second-order valence-electron chi connectivity index (χ2n) is 8.65. The van der Waals surface area contributed by atoms with E-state index in [1.165, 1.54) is 5.56 Å². The lowest BCUT2D eigenvalue weighted by molar-refractivity contribution is -0.135. The van der Waals surface area contributed by atoms with Crippen LogP contribution in [0.5, 0.6) is 0 Å². The van der Waals surface area contributed by atoms with Crippen molar-refractivity contribution in [3.05, 3.63) is 72.3 Å². The fraction of sp³-hybridized carbons (Fsp3) is 0.385. The molecule has 3 rings (SSSR count). The van der Waals surface area contributed by atoms with Crippen molar-refractivity contribution in [2.75, 3.05) is 19.6 Å². The number of hydrogen-bond donors (Lipinski definition) is 1. The maximum atomic E-state index is 13.3. The molecular weight excluding hydrogens is 372 g/mol. The highest BCUT2D eigenvalue weighted by atomic mass is 16.2. The second-order valence-corrected chi connectivity index (χ2v) is 8.65. The highest BCUT2D eigenvalue weighted by Crippen LogP contribution is 2.38. The van der Waals surface area contributed by atoms with Crippen LogP contribution in [0.3, 0.4) is 0 Å². The van der Waals surface area contributed by atoms with Crippen LogP contribution in [-0.4, -0.2) is 36.3 Å². The molecule has 1 aliphatic rings. The third-order valence-electron chi connectivity index (χ3n) is 5.92. The van der Waals surface area contributed by atoms with Crippen molar-refractivity contribution in [3.8, 4) is 11.1 Å². The average Bonchev–Trinajstić information content (AvgIpc) is 3.17. The van der Waals surface area contributed by atoms with Crippen LogP contribution in [-0.2, 0) is 16.0 Å². The van der Waals surface area contributed by atoms with Gasteiger partial charge < -0.3 is 10.2 Å². The van der Waals surface area contributed by atoms with Gasteiger partial charge >= 0.3 is 0 Å². The van der Waals surface area contributed by atoms with E-state index in [9.17, 15) is 9.59 Å². The summed E-state index contributed by atoms with van der Waals surface area (Å²) in [5.74, 6) is 0.0393. The van der Waals surface area contributed by atoms with Gasteiger partial charge in [-0.15, -0.1) is 6.58 Å². The molecule has 0 saturated carbocycles. The Bertz CT molecular complexity index is 934. The normalized spacial score (nSPS) is 18.5. The van der Waals surface area contributed by atoms with Gasteiger partial charge in [0.25, 0.3) is 0 Å². The van der Waals surface area contributed by atoms with Crippen molar-refractivity contribution in [3.63, 3.8) is 0 Å². The number of nitrogens with zero attached hydrogens (tertiary/aromatic N) is 1. The lowest BCUT2D eigenvalue weighted by atomic mass is 9.78. The van der Waals surface area contributed by atoms with Crippen molar-refractivity contribution in [2.45, 2.75) is 33.6 Å². The summed E-state index contributed by atoms with van der Waals surface area (Å²) in [5, 5.41) is 3.00. The number of rotatable bonds is 7. The maximum absolute atomic E-state index is 13.3. The molecule has 1 saturated heterocycles. The topological polar surface area (TPSA) is 49.4 Å². The SMILES string of the molecule is C=CCNC(=O)[C@]1(Cc2ccccc2-c2cccc(C)c2)CCN(C(=O)C(C)C)C1. The third-order valence-corrected chi connectivity index (χ3v) is 5.92. The van der Waals surface area contributed by atoms with Gasteiger partial charge in [0, 0.05) is 25.6 Å². The molecule has 4 nitrogen and oxygen atoms in total. The molecule has 1 heterocycles. The van der Waals surface area contributed by atoms with E-state index in [0.717, 1.165) is 16.7 Å². The highest BCUT2D eigenvalue weighted by Gasteiger charge is 2.46. The van der Waals surface area contributed by atoms with Crippen LogP contribution in [0.1, 0.15) is 31.4 Å². The van der Waals surface area contributed by atoms with Gasteiger partial charge in [-0.1, -0.05) is 74.0 Å². The fourth-order valence-corrected chi connectivity index (χ4v) is 4.32. The molecule has 0 bridgehead atoms.